The van der Waals surface area contributed by atoms with Crippen molar-refractivity contribution in [1.82, 2.24) is 9.78 Å². The fraction of sp³-hybridized carbons (Fsp3) is 0.364. The second-order valence-electron chi connectivity index (χ2n) is 4.47. The first kappa shape index (κ1) is 11.3. The van der Waals surface area contributed by atoms with Gasteiger partial charge >= 0.3 is 0 Å². The summed E-state index contributed by atoms with van der Waals surface area (Å²) in [5.41, 5.74) is 7.43. The molecule has 2 aromatic heterocycles. The molecule has 2 aromatic rings. The van der Waals surface area contributed by atoms with Crippen LogP contribution in [0.15, 0.2) is 29.1 Å². The highest BCUT2D eigenvalue weighted by Gasteiger charge is 2.31. The topological polar surface area (TPSA) is 91.1 Å². The van der Waals surface area contributed by atoms with Gasteiger partial charge in [-0.2, -0.15) is 5.10 Å². The molecule has 0 amide bonds. The van der Waals surface area contributed by atoms with Gasteiger partial charge < -0.3 is 10.2 Å². The molecule has 0 aromatic carbocycles. The van der Waals surface area contributed by atoms with Crippen molar-refractivity contribution in [3.8, 4) is 11.3 Å². The number of furan rings is 1. The Morgan fingerprint density at radius 3 is 2.94 bits per heavy atom. The average Bonchev–Trinajstić information content (AvgIpc) is 2.97. The van der Waals surface area contributed by atoms with Gasteiger partial charge in [0.1, 0.15) is 5.82 Å². The lowest BCUT2D eigenvalue weighted by Crippen LogP contribution is -2.14. The molecule has 0 saturated carbocycles. The van der Waals surface area contributed by atoms with Gasteiger partial charge in [-0.1, -0.05) is 0 Å². The van der Waals surface area contributed by atoms with Crippen molar-refractivity contribution in [2.75, 3.05) is 17.2 Å². The highest BCUT2D eigenvalue weighted by atomic mass is 32.2. The number of nitrogens with two attached hydrogens (primary N) is 1. The summed E-state index contributed by atoms with van der Waals surface area (Å²) >= 11 is 0. The summed E-state index contributed by atoms with van der Waals surface area (Å²) in [6, 6.07) is 3.36. The van der Waals surface area contributed by atoms with Crippen molar-refractivity contribution in [1.29, 1.82) is 0 Å². The zero-order chi connectivity index (χ0) is 12.8. The largest absolute Gasteiger partial charge is 0.472 e. The van der Waals surface area contributed by atoms with Crippen LogP contribution in [0.25, 0.3) is 11.3 Å². The van der Waals surface area contributed by atoms with Crippen LogP contribution in [0.2, 0.25) is 0 Å². The molecule has 7 heteroatoms. The highest BCUT2D eigenvalue weighted by molar-refractivity contribution is 7.91. The Labute approximate surface area is 104 Å². The first-order valence-electron chi connectivity index (χ1n) is 5.63. The predicted molar refractivity (Wildman–Crippen MR) is 66.6 cm³/mol. The molecule has 1 fully saturated rings. The average molecular weight is 267 g/mol. The zero-order valence-electron chi connectivity index (χ0n) is 9.61. The van der Waals surface area contributed by atoms with Crippen molar-refractivity contribution in [3.05, 3.63) is 24.7 Å². The van der Waals surface area contributed by atoms with Gasteiger partial charge in [0.2, 0.25) is 0 Å². The fourth-order valence-corrected chi connectivity index (χ4v) is 3.91. The quantitative estimate of drug-likeness (QED) is 0.879. The third-order valence-corrected chi connectivity index (χ3v) is 4.89. The molecule has 1 aliphatic heterocycles. The maximum atomic E-state index is 11.5. The van der Waals surface area contributed by atoms with Crippen molar-refractivity contribution in [2.24, 2.45) is 0 Å². The number of sulfone groups is 1. The van der Waals surface area contributed by atoms with Crippen LogP contribution in [0.5, 0.6) is 0 Å². The Balaban J connectivity index is 1.95. The maximum Gasteiger partial charge on any atom is 0.152 e. The van der Waals surface area contributed by atoms with E-state index in [0.717, 1.165) is 5.56 Å². The third kappa shape index (κ3) is 1.90. The molecule has 96 valence electrons. The summed E-state index contributed by atoms with van der Waals surface area (Å²) in [5.74, 6) is 0.801. The molecule has 3 rings (SSSR count). The van der Waals surface area contributed by atoms with Crippen LogP contribution in [0.3, 0.4) is 0 Å². The van der Waals surface area contributed by atoms with Crippen LogP contribution in [0.1, 0.15) is 12.5 Å². The molecule has 1 aliphatic rings. The summed E-state index contributed by atoms with van der Waals surface area (Å²) in [5, 5.41) is 4.37. The van der Waals surface area contributed by atoms with E-state index in [4.69, 9.17) is 10.2 Å². The summed E-state index contributed by atoms with van der Waals surface area (Å²) in [6.07, 6.45) is 3.71. The number of hydrogen-bond acceptors (Lipinski definition) is 5. The van der Waals surface area contributed by atoms with E-state index >= 15 is 0 Å². The Morgan fingerprint density at radius 1 is 1.50 bits per heavy atom. The second kappa shape index (κ2) is 3.88. The third-order valence-electron chi connectivity index (χ3n) is 3.14. The van der Waals surface area contributed by atoms with Crippen molar-refractivity contribution in [3.63, 3.8) is 0 Å². The predicted octanol–water partition coefficient (Wildman–Crippen LogP) is 1.08. The minimum atomic E-state index is -2.94. The van der Waals surface area contributed by atoms with E-state index in [-0.39, 0.29) is 17.5 Å². The molecule has 2 N–H and O–H groups in total. The van der Waals surface area contributed by atoms with Gasteiger partial charge in [-0.15, -0.1) is 0 Å². The van der Waals surface area contributed by atoms with Gasteiger partial charge in [-0.3, -0.25) is 0 Å². The minimum absolute atomic E-state index is 0.115. The van der Waals surface area contributed by atoms with Gasteiger partial charge in [0.25, 0.3) is 0 Å². The standard InChI is InChI=1S/C11H13N3O3S/c12-11-5-10(8-1-3-17-6-8)13-14(11)9-2-4-18(15,16)7-9/h1,3,5-6,9H,2,4,7,12H2. The number of rotatable bonds is 2. The Bertz CT molecular complexity index is 658. The van der Waals surface area contributed by atoms with E-state index < -0.39 is 9.84 Å². The van der Waals surface area contributed by atoms with Crippen molar-refractivity contribution in [2.45, 2.75) is 12.5 Å². The van der Waals surface area contributed by atoms with Crippen LogP contribution in [0.4, 0.5) is 5.82 Å². The number of anilines is 1. The number of hydrogen-bond donors (Lipinski definition) is 1. The SMILES string of the molecule is Nc1cc(-c2ccoc2)nn1C1CCS(=O)(=O)C1. The lowest BCUT2D eigenvalue weighted by molar-refractivity contribution is 0.508. The monoisotopic (exact) mass is 267 g/mol. The Hall–Kier alpha value is -1.76. The van der Waals surface area contributed by atoms with E-state index in [2.05, 4.69) is 5.10 Å². The van der Waals surface area contributed by atoms with Crippen LogP contribution in [0, 0.1) is 0 Å². The summed E-state index contributed by atoms with van der Waals surface area (Å²) in [7, 11) is -2.94. The van der Waals surface area contributed by atoms with E-state index in [1.165, 1.54) is 0 Å². The number of aromatic nitrogens is 2. The van der Waals surface area contributed by atoms with Crippen LogP contribution < -0.4 is 5.73 Å². The minimum Gasteiger partial charge on any atom is -0.472 e. The molecule has 18 heavy (non-hydrogen) atoms. The molecule has 0 radical (unpaired) electrons. The summed E-state index contributed by atoms with van der Waals surface area (Å²) in [4.78, 5) is 0. The summed E-state index contributed by atoms with van der Waals surface area (Å²) < 4.78 is 29.5. The van der Waals surface area contributed by atoms with E-state index in [1.54, 1.807) is 29.3 Å². The Morgan fingerprint density at radius 2 is 2.33 bits per heavy atom. The lowest BCUT2D eigenvalue weighted by atomic mass is 10.2. The van der Waals surface area contributed by atoms with Crippen molar-refractivity contribution >= 4 is 15.7 Å². The van der Waals surface area contributed by atoms with Gasteiger partial charge in [-0.05, 0) is 12.5 Å². The molecule has 1 atom stereocenters. The molecule has 0 aliphatic carbocycles. The summed E-state index contributed by atoms with van der Waals surface area (Å²) in [6.45, 7) is 0. The van der Waals surface area contributed by atoms with Crippen molar-refractivity contribution < 1.29 is 12.8 Å². The number of nitrogen functional groups attached to an aromatic ring is 1. The van der Waals surface area contributed by atoms with Gasteiger partial charge in [-0.25, -0.2) is 13.1 Å². The maximum absolute atomic E-state index is 11.5. The molecule has 0 spiro atoms. The van der Waals surface area contributed by atoms with Crippen LogP contribution in [-0.4, -0.2) is 29.7 Å². The van der Waals surface area contributed by atoms with Crippen LogP contribution in [-0.2, 0) is 9.84 Å². The van der Waals surface area contributed by atoms with E-state index in [0.29, 0.717) is 17.9 Å². The van der Waals surface area contributed by atoms with E-state index in [9.17, 15) is 8.42 Å². The molecule has 6 nitrogen and oxygen atoms in total. The van der Waals surface area contributed by atoms with Crippen LogP contribution >= 0.6 is 0 Å². The molecule has 3 heterocycles. The Kier molecular flexibility index (Phi) is 2.44. The first-order chi connectivity index (χ1) is 8.55. The number of nitrogens with zero attached hydrogens (tertiary/aromatic N) is 2. The van der Waals surface area contributed by atoms with Gasteiger partial charge in [0.05, 0.1) is 35.8 Å². The smallest absolute Gasteiger partial charge is 0.152 e. The lowest BCUT2D eigenvalue weighted by Gasteiger charge is -2.09. The molecule has 1 unspecified atom stereocenters. The molecular formula is C11H13N3O3S. The molecular weight excluding hydrogens is 254 g/mol. The van der Waals surface area contributed by atoms with Gasteiger partial charge in [0.15, 0.2) is 9.84 Å². The second-order valence-corrected chi connectivity index (χ2v) is 6.70. The zero-order valence-corrected chi connectivity index (χ0v) is 10.4. The highest BCUT2D eigenvalue weighted by Crippen LogP contribution is 2.28. The molecule has 1 saturated heterocycles. The van der Waals surface area contributed by atoms with E-state index in [1.807, 2.05) is 0 Å². The van der Waals surface area contributed by atoms with Gasteiger partial charge in [0, 0.05) is 11.6 Å². The fourth-order valence-electron chi connectivity index (χ4n) is 2.22. The first-order valence-corrected chi connectivity index (χ1v) is 7.45. The molecule has 0 bridgehead atoms. The normalized spacial score (nSPS) is 22.3.